The molecule has 5 nitrogen and oxygen atoms in total. The summed E-state index contributed by atoms with van der Waals surface area (Å²) in [5.74, 6) is -0.150. The third-order valence-electron chi connectivity index (χ3n) is 3.14. The topological polar surface area (TPSA) is 75.1 Å². The van der Waals surface area contributed by atoms with Crippen molar-refractivity contribution >= 4 is 17.4 Å². The van der Waals surface area contributed by atoms with Crippen molar-refractivity contribution in [2.24, 2.45) is 0 Å². The van der Waals surface area contributed by atoms with E-state index < -0.39 is 6.10 Å². The van der Waals surface area contributed by atoms with Gasteiger partial charge in [0.15, 0.2) is 0 Å². The molecule has 0 saturated heterocycles. The summed E-state index contributed by atoms with van der Waals surface area (Å²) in [6, 6.07) is -0.122. The van der Waals surface area contributed by atoms with E-state index in [4.69, 9.17) is 0 Å². The van der Waals surface area contributed by atoms with Gasteiger partial charge in [-0.1, -0.05) is 24.3 Å². The molecule has 0 bridgehead atoms. The summed E-state index contributed by atoms with van der Waals surface area (Å²) in [7, 11) is 0. The van der Waals surface area contributed by atoms with Gasteiger partial charge in [0.2, 0.25) is 0 Å². The van der Waals surface area contributed by atoms with E-state index in [1.807, 2.05) is 6.92 Å². The fraction of sp³-hybridized carbons (Fsp3) is 0.727. The van der Waals surface area contributed by atoms with Crippen LogP contribution in [0.2, 0.25) is 0 Å². The van der Waals surface area contributed by atoms with E-state index in [1.54, 1.807) is 0 Å². The molecule has 2 atom stereocenters. The largest absolute Gasteiger partial charge is 0.391 e. The van der Waals surface area contributed by atoms with Crippen molar-refractivity contribution in [1.82, 2.24) is 14.9 Å². The molecule has 1 saturated carbocycles. The summed E-state index contributed by atoms with van der Waals surface area (Å²) >= 11 is 1.12. The maximum absolute atomic E-state index is 12.0. The minimum absolute atomic E-state index is 0.122. The van der Waals surface area contributed by atoms with E-state index >= 15 is 0 Å². The number of aliphatic hydroxyl groups is 1. The third kappa shape index (κ3) is 2.81. The summed E-state index contributed by atoms with van der Waals surface area (Å²) in [6.45, 7) is 1.95. The van der Waals surface area contributed by atoms with E-state index in [-0.39, 0.29) is 11.9 Å². The van der Waals surface area contributed by atoms with Crippen molar-refractivity contribution in [3.05, 3.63) is 10.6 Å². The van der Waals surface area contributed by atoms with E-state index in [1.165, 1.54) is 0 Å². The number of aryl methyl sites for hydroxylation is 1. The molecule has 0 radical (unpaired) electrons. The van der Waals surface area contributed by atoms with Crippen LogP contribution in [0.1, 0.15) is 48.0 Å². The highest BCUT2D eigenvalue weighted by Gasteiger charge is 2.26. The molecule has 94 valence electrons. The minimum Gasteiger partial charge on any atom is -0.391 e. The van der Waals surface area contributed by atoms with Crippen molar-refractivity contribution in [3.63, 3.8) is 0 Å². The molecule has 0 aromatic carbocycles. The van der Waals surface area contributed by atoms with Gasteiger partial charge in [0, 0.05) is 0 Å². The van der Waals surface area contributed by atoms with Crippen LogP contribution in [0, 0.1) is 0 Å². The van der Waals surface area contributed by atoms with Crippen LogP contribution in [0.25, 0.3) is 0 Å². The maximum Gasteiger partial charge on any atom is 0.265 e. The fourth-order valence-electron chi connectivity index (χ4n) is 2.13. The second kappa shape index (κ2) is 5.55. The molecular formula is C11H17N3O2S. The number of aromatic nitrogens is 2. The molecule has 0 unspecified atom stereocenters. The van der Waals surface area contributed by atoms with Crippen LogP contribution in [-0.4, -0.2) is 32.7 Å². The molecule has 1 amide bonds. The van der Waals surface area contributed by atoms with Gasteiger partial charge < -0.3 is 10.4 Å². The van der Waals surface area contributed by atoms with Gasteiger partial charge in [-0.15, -0.1) is 5.10 Å². The standard InChI is InChI=1S/C11H17N3O2S/c1-2-7-10(17-14-13-7)11(16)12-8-5-3-4-6-9(8)15/h8-9,15H,2-6H2,1H3,(H,12,16)/t8-,9-/m0/s1. The Bertz CT molecular complexity index is 394. The number of amides is 1. The van der Waals surface area contributed by atoms with Crippen molar-refractivity contribution in [2.75, 3.05) is 0 Å². The molecule has 2 rings (SSSR count). The van der Waals surface area contributed by atoms with Crippen molar-refractivity contribution in [1.29, 1.82) is 0 Å². The lowest BCUT2D eigenvalue weighted by atomic mass is 9.92. The predicted octanol–water partition coefficient (Wildman–Crippen LogP) is 1.13. The van der Waals surface area contributed by atoms with Crippen molar-refractivity contribution in [2.45, 2.75) is 51.2 Å². The Labute approximate surface area is 104 Å². The summed E-state index contributed by atoms with van der Waals surface area (Å²) in [6.07, 6.45) is 4.00. The highest BCUT2D eigenvalue weighted by atomic mass is 32.1. The Balaban J connectivity index is 2.01. The summed E-state index contributed by atoms with van der Waals surface area (Å²) in [5.41, 5.74) is 0.734. The van der Waals surface area contributed by atoms with Crippen LogP contribution >= 0.6 is 11.5 Å². The van der Waals surface area contributed by atoms with Crippen LogP contribution in [0.3, 0.4) is 0 Å². The number of carbonyl (C=O) groups excluding carboxylic acids is 1. The zero-order valence-corrected chi connectivity index (χ0v) is 10.7. The smallest absolute Gasteiger partial charge is 0.265 e. The second-order valence-electron chi connectivity index (χ2n) is 4.33. The molecule has 1 fully saturated rings. The predicted molar refractivity (Wildman–Crippen MR) is 65.0 cm³/mol. The normalized spacial score (nSPS) is 24.6. The molecule has 1 aromatic rings. The number of hydrogen-bond acceptors (Lipinski definition) is 5. The molecule has 6 heteroatoms. The van der Waals surface area contributed by atoms with Gasteiger partial charge in [-0.25, -0.2) is 0 Å². The Morgan fingerprint density at radius 3 is 3.00 bits per heavy atom. The quantitative estimate of drug-likeness (QED) is 0.849. The average Bonchev–Trinajstić information content (AvgIpc) is 2.80. The maximum atomic E-state index is 12.0. The first-order chi connectivity index (χ1) is 8.22. The van der Waals surface area contributed by atoms with Crippen LogP contribution in [0.5, 0.6) is 0 Å². The first-order valence-corrected chi connectivity index (χ1v) is 6.80. The molecule has 1 aliphatic rings. The number of nitrogens with zero attached hydrogens (tertiary/aromatic N) is 2. The summed E-state index contributed by atoms with van der Waals surface area (Å²) in [5, 5.41) is 16.6. The number of aliphatic hydroxyl groups excluding tert-OH is 1. The zero-order valence-electron chi connectivity index (χ0n) is 9.85. The van der Waals surface area contributed by atoms with Crippen LogP contribution in [-0.2, 0) is 6.42 Å². The van der Waals surface area contributed by atoms with E-state index in [2.05, 4.69) is 14.9 Å². The van der Waals surface area contributed by atoms with Gasteiger partial charge in [-0.05, 0) is 30.8 Å². The zero-order chi connectivity index (χ0) is 12.3. The molecule has 1 aliphatic carbocycles. The molecule has 1 heterocycles. The second-order valence-corrected chi connectivity index (χ2v) is 5.09. The Kier molecular flexibility index (Phi) is 4.06. The lowest BCUT2D eigenvalue weighted by molar-refractivity contribution is 0.0719. The number of rotatable bonds is 3. The van der Waals surface area contributed by atoms with Gasteiger partial charge in [0.1, 0.15) is 4.88 Å². The van der Waals surface area contributed by atoms with E-state index in [0.717, 1.165) is 42.9 Å². The minimum atomic E-state index is -0.418. The van der Waals surface area contributed by atoms with E-state index in [0.29, 0.717) is 11.3 Å². The SMILES string of the molecule is CCc1nnsc1C(=O)N[C@H]1CCCC[C@@H]1O. The first-order valence-electron chi connectivity index (χ1n) is 6.02. The summed E-state index contributed by atoms with van der Waals surface area (Å²) in [4.78, 5) is 12.6. The van der Waals surface area contributed by atoms with Crippen molar-refractivity contribution < 1.29 is 9.90 Å². The Morgan fingerprint density at radius 2 is 2.29 bits per heavy atom. The van der Waals surface area contributed by atoms with Crippen LogP contribution in [0.4, 0.5) is 0 Å². The Morgan fingerprint density at radius 1 is 1.53 bits per heavy atom. The lowest BCUT2D eigenvalue weighted by Gasteiger charge is -2.28. The average molecular weight is 255 g/mol. The monoisotopic (exact) mass is 255 g/mol. The fourth-order valence-corrected chi connectivity index (χ4v) is 2.78. The molecule has 0 spiro atoms. The van der Waals surface area contributed by atoms with Crippen LogP contribution < -0.4 is 5.32 Å². The van der Waals surface area contributed by atoms with Crippen LogP contribution in [0.15, 0.2) is 0 Å². The molecular weight excluding hydrogens is 238 g/mol. The first kappa shape index (κ1) is 12.4. The number of nitrogens with one attached hydrogen (secondary N) is 1. The summed E-state index contributed by atoms with van der Waals surface area (Å²) < 4.78 is 3.79. The van der Waals surface area contributed by atoms with Crippen molar-refractivity contribution in [3.8, 4) is 0 Å². The third-order valence-corrected chi connectivity index (χ3v) is 3.91. The van der Waals surface area contributed by atoms with Gasteiger partial charge in [-0.2, -0.15) is 0 Å². The number of carbonyl (C=O) groups is 1. The van der Waals surface area contributed by atoms with E-state index in [9.17, 15) is 9.90 Å². The molecule has 0 aliphatic heterocycles. The van der Waals surface area contributed by atoms with Gasteiger partial charge in [-0.3, -0.25) is 4.79 Å². The van der Waals surface area contributed by atoms with Gasteiger partial charge in [0.05, 0.1) is 17.8 Å². The van der Waals surface area contributed by atoms with Gasteiger partial charge >= 0.3 is 0 Å². The Hall–Kier alpha value is -1.01. The molecule has 17 heavy (non-hydrogen) atoms. The highest BCUT2D eigenvalue weighted by Crippen LogP contribution is 2.19. The molecule has 1 aromatic heterocycles. The molecule has 2 N–H and O–H groups in total. The number of hydrogen-bond donors (Lipinski definition) is 2. The highest BCUT2D eigenvalue weighted by molar-refractivity contribution is 7.08. The van der Waals surface area contributed by atoms with Gasteiger partial charge in [0.25, 0.3) is 5.91 Å². The lowest BCUT2D eigenvalue weighted by Crippen LogP contribution is -2.45.